The van der Waals surface area contributed by atoms with Gasteiger partial charge in [0.25, 0.3) is 0 Å². The van der Waals surface area contributed by atoms with Gasteiger partial charge >= 0.3 is 0 Å². The van der Waals surface area contributed by atoms with Gasteiger partial charge in [0.1, 0.15) is 18.0 Å². The van der Waals surface area contributed by atoms with Crippen molar-refractivity contribution in [3.05, 3.63) is 42.2 Å². The molecule has 0 aliphatic carbocycles. The minimum atomic E-state index is 0.730. The molecule has 1 aliphatic rings. The summed E-state index contributed by atoms with van der Waals surface area (Å²) in [4.78, 5) is 23.3. The first-order valence-electron chi connectivity index (χ1n) is 7.35. The lowest BCUT2D eigenvalue weighted by Crippen LogP contribution is -2.46. The number of carbonyl (C=O) groups excluding carboxylic acids is 1. The van der Waals surface area contributed by atoms with Gasteiger partial charge in [-0.1, -0.05) is 18.2 Å². The zero-order valence-corrected chi connectivity index (χ0v) is 12.6. The van der Waals surface area contributed by atoms with E-state index >= 15 is 0 Å². The highest BCUT2D eigenvalue weighted by atomic mass is 16.1. The summed E-state index contributed by atoms with van der Waals surface area (Å²) in [6.45, 7) is 5.10. The van der Waals surface area contributed by atoms with E-state index in [2.05, 4.69) is 33.2 Å². The number of hydrogen-bond donors (Lipinski definition) is 1. The molecule has 2 heterocycles. The summed E-state index contributed by atoms with van der Waals surface area (Å²) >= 11 is 0. The molecule has 6 nitrogen and oxygen atoms in total. The van der Waals surface area contributed by atoms with Gasteiger partial charge in [-0.3, -0.25) is 4.79 Å². The molecule has 0 saturated carbocycles. The molecule has 0 atom stereocenters. The molecule has 1 amide bonds. The SMILES string of the molecule is Cc1ccccc1Nc1cc(N2CCN(C=O)CC2)ncn1. The van der Waals surface area contributed by atoms with Gasteiger partial charge in [0.15, 0.2) is 0 Å². The minimum absolute atomic E-state index is 0.730. The summed E-state index contributed by atoms with van der Waals surface area (Å²) in [5.41, 5.74) is 2.21. The molecular weight excluding hydrogens is 278 g/mol. The Morgan fingerprint density at radius 1 is 1.14 bits per heavy atom. The molecule has 1 aromatic carbocycles. The Morgan fingerprint density at radius 2 is 1.91 bits per heavy atom. The first-order chi connectivity index (χ1) is 10.8. The fraction of sp³-hybridized carbons (Fsp3) is 0.312. The summed E-state index contributed by atoms with van der Waals surface area (Å²) in [7, 11) is 0. The van der Waals surface area contributed by atoms with Crippen molar-refractivity contribution in [2.24, 2.45) is 0 Å². The number of nitrogens with zero attached hydrogens (tertiary/aromatic N) is 4. The maximum Gasteiger partial charge on any atom is 0.209 e. The van der Waals surface area contributed by atoms with Gasteiger partial charge in [-0.2, -0.15) is 0 Å². The first-order valence-corrected chi connectivity index (χ1v) is 7.35. The Balaban J connectivity index is 1.73. The average Bonchev–Trinajstić information content (AvgIpc) is 2.57. The van der Waals surface area contributed by atoms with Gasteiger partial charge < -0.3 is 15.1 Å². The molecule has 114 valence electrons. The minimum Gasteiger partial charge on any atom is -0.353 e. The maximum atomic E-state index is 10.8. The Morgan fingerprint density at radius 3 is 2.64 bits per heavy atom. The van der Waals surface area contributed by atoms with Crippen molar-refractivity contribution in [3.63, 3.8) is 0 Å². The van der Waals surface area contributed by atoms with Gasteiger partial charge in [0.05, 0.1) is 0 Å². The molecule has 1 saturated heterocycles. The molecule has 0 radical (unpaired) electrons. The van der Waals surface area contributed by atoms with Crippen LogP contribution >= 0.6 is 0 Å². The van der Waals surface area contributed by atoms with E-state index in [0.29, 0.717) is 0 Å². The molecular formula is C16H19N5O. The highest BCUT2D eigenvalue weighted by molar-refractivity contribution is 5.62. The standard InChI is InChI=1S/C16H19N5O/c1-13-4-2-3-5-14(13)19-15-10-16(18-11-17-15)21-8-6-20(12-22)7-9-21/h2-5,10-12H,6-9H2,1H3,(H,17,18,19). The molecule has 0 unspecified atom stereocenters. The molecule has 0 spiro atoms. The van der Waals surface area contributed by atoms with Crippen molar-refractivity contribution >= 4 is 23.7 Å². The van der Waals surface area contributed by atoms with Crippen LogP contribution in [-0.4, -0.2) is 47.5 Å². The van der Waals surface area contributed by atoms with E-state index in [1.165, 1.54) is 5.56 Å². The molecule has 1 fully saturated rings. The summed E-state index contributed by atoms with van der Waals surface area (Å²) in [6.07, 6.45) is 2.48. The van der Waals surface area contributed by atoms with E-state index in [-0.39, 0.29) is 0 Å². The highest BCUT2D eigenvalue weighted by Crippen LogP contribution is 2.21. The third-order valence-electron chi connectivity index (χ3n) is 3.85. The van der Waals surface area contributed by atoms with Crippen molar-refractivity contribution in [3.8, 4) is 0 Å². The zero-order valence-electron chi connectivity index (χ0n) is 12.6. The first kappa shape index (κ1) is 14.3. The fourth-order valence-electron chi connectivity index (χ4n) is 2.50. The average molecular weight is 297 g/mol. The van der Waals surface area contributed by atoms with E-state index in [1.54, 1.807) is 11.2 Å². The normalized spacial score (nSPS) is 14.8. The van der Waals surface area contributed by atoms with Crippen LogP contribution in [0.4, 0.5) is 17.3 Å². The second-order valence-corrected chi connectivity index (χ2v) is 5.33. The van der Waals surface area contributed by atoms with Crippen LogP contribution in [-0.2, 0) is 4.79 Å². The third kappa shape index (κ3) is 3.16. The topological polar surface area (TPSA) is 61.4 Å². The smallest absolute Gasteiger partial charge is 0.209 e. The number of rotatable bonds is 4. The molecule has 2 aromatic rings. The van der Waals surface area contributed by atoms with Crippen LogP contribution in [0.5, 0.6) is 0 Å². The summed E-state index contributed by atoms with van der Waals surface area (Å²) in [6, 6.07) is 10.0. The van der Waals surface area contributed by atoms with Gasteiger partial charge in [0, 0.05) is 37.9 Å². The van der Waals surface area contributed by atoms with Crippen LogP contribution in [0.3, 0.4) is 0 Å². The van der Waals surface area contributed by atoms with Crippen molar-refractivity contribution in [2.75, 3.05) is 36.4 Å². The van der Waals surface area contributed by atoms with Crippen molar-refractivity contribution in [2.45, 2.75) is 6.92 Å². The Hall–Kier alpha value is -2.63. The van der Waals surface area contributed by atoms with E-state index < -0.39 is 0 Å². The predicted molar refractivity (Wildman–Crippen MR) is 86.3 cm³/mol. The second kappa shape index (κ2) is 6.43. The molecule has 1 aliphatic heterocycles. The highest BCUT2D eigenvalue weighted by Gasteiger charge is 2.17. The van der Waals surface area contributed by atoms with Crippen LogP contribution in [0.1, 0.15) is 5.56 Å². The number of aromatic nitrogens is 2. The van der Waals surface area contributed by atoms with Gasteiger partial charge in [-0.25, -0.2) is 9.97 Å². The Labute approximate surface area is 129 Å². The fourth-order valence-corrected chi connectivity index (χ4v) is 2.50. The van der Waals surface area contributed by atoms with E-state index in [0.717, 1.165) is 49.9 Å². The number of aryl methyl sites for hydroxylation is 1. The lowest BCUT2D eigenvalue weighted by atomic mass is 10.2. The van der Waals surface area contributed by atoms with Crippen molar-refractivity contribution in [1.29, 1.82) is 0 Å². The summed E-state index contributed by atoms with van der Waals surface area (Å²) in [5.74, 6) is 1.66. The monoisotopic (exact) mass is 297 g/mol. The molecule has 0 bridgehead atoms. The van der Waals surface area contributed by atoms with Crippen LogP contribution in [0.2, 0.25) is 0 Å². The number of benzene rings is 1. The number of nitrogens with one attached hydrogen (secondary N) is 1. The number of piperazine rings is 1. The van der Waals surface area contributed by atoms with Crippen molar-refractivity contribution < 1.29 is 4.79 Å². The van der Waals surface area contributed by atoms with Crippen LogP contribution in [0.25, 0.3) is 0 Å². The Bertz CT molecular complexity index is 652. The van der Waals surface area contributed by atoms with E-state index in [9.17, 15) is 4.79 Å². The largest absolute Gasteiger partial charge is 0.353 e. The summed E-state index contributed by atoms with van der Waals surface area (Å²) in [5, 5.41) is 3.33. The maximum absolute atomic E-state index is 10.8. The van der Waals surface area contributed by atoms with Gasteiger partial charge in [-0.15, -0.1) is 0 Å². The molecule has 22 heavy (non-hydrogen) atoms. The quantitative estimate of drug-likeness (QED) is 0.872. The second-order valence-electron chi connectivity index (χ2n) is 5.33. The lowest BCUT2D eigenvalue weighted by Gasteiger charge is -2.33. The molecule has 6 heteroatoms. The predicted octanol–water partition coefficient (Wildman–Crippen LogP) is 1.81. The van der Waals surface area contributed by atoms with E-state index in [1.807, 2.05) is 24.3 Å². The third-order valence-corrected chi connectivity index (χ3v) is 3.85. The molecule has 3 rings (SSSR count). The number of hydrogen-bond acceptors (Lipinski definition) is 5. The molecule has 1 N–H and O–H groups in total. The van der Waals surface area contributed by atoms with Crippen LogP contribution < -0.4 is 10.2 Å². The summed E-state index contributed by atoms with van der Waals surface area (Å²) < 4.78 is 0. The van der Waals surface area contributed by atoms with E-state index in [4.69, 9.17) is 0 Å². The van der Waals surface area contributed by atoms with Crippen LogP contribution in [0, 0.1) is 6.92 Å². The van der Waals surface area contributed by atoms with Crippen molar-refractivity contribution in [1.82, 2.24) is 14.9 Å². The Kier molecular flexibility index (Phi) is 4.18. The van der Waals surface area contributed by atoms with Gasteiger partial charge in [0.2, 0.25) is 6.41 Å². The van der Waals surface area contributed by atoms with Gasteiger partial charge in [-0.05, 0) is 18.6 Å². The van der Waals surface area contributed by atoms with Crippen LogP contribution in [0.15, 0.2) is 36.7 Å². The number of carbonyl (C=O) groups is 1. The number of anilines is 3. The lowest BCUT2D eigenvalue weighted by molar-refractivity contribution is -0.118. The zero-order chi connectivity index (χ0) is 15.4. The number of para-hydroxylation sites is 1. The molecule has 1 aromatic heterocycles. The number of amides is 1.